The van der Waals surface area contributed by atoms with Crippen molar-refractivity contribution in [1.29, 1.82) is 0 Å². The molecular formula is C15H21BrN2O2. The topological polar surface area (TPSA) is 52.6 Å². The number of hydrogen-bond donors (Lipinski definition) is 2. The minimum Gasteiger partial charge on any atom is -0.392 e. The zero-order valence-electron chi connectivity index (χ0n) is 11.7. The van der Waals surface area contributed by atoms with Crippen molar-refractivity contribution in [3.8, 4) is 0 Å². The van der Waals surface area contributed by atoms with Gasteiger partial charge in [-0.15, -0.1) is 0 Å². The lowest BCUT2D eigenvalue weighted by Crippen LogP contribution is -2.29. The summed E-state index contributed by atoms with van der Waals surface area (Å²) in [6, 6.07) is 5.65. The molecule has 1 aromatic rings. The molecule has 1 saturated heterocycles. The molecule has 1 aromatic carbocycles. The summed E-state index contributed by atoms with van der Waals surface area (Å²) in [6.45, 7) is 5.25. The number of benzene rings is 1. The number of amides is 1. The first kappa shape index (κ1) is 15.5. The van der Waals surface area contributed by atoms with Crippen molar-refractivity contribution in [2.75, 3.05) is 26.2 Å². The van der Waals surface area contributed by atoms with Crippen LogP contribution in [0.15, 0.2) is 22.7 Å². The number of carbonyl (C=O) groups excluding carboxylic acids is 1. The van der Waals surface area contributed by atoms with Crippen LogP contribution in [0.1, 0.15) is 28.8 Å². The number of nitrogens with one attached hydrogen (secondary N) is 1. The number of aliphatic hydroxyl groups is 1. The van der Waals surface area contributed by atoms with Gasteiger partial charge in [0, 0.05) is 29.7 Å². The molecule has 0 spiro atoms. The van der Waals surface area contributed by atoms with E-state index in [0.29, 0.717) is 6.54 Å². The van der Waals surface area contributed by atoms with Crippen LogP contribution in [0.5, 0.6) is 0 Å². The average molecular weight is 341 g/mol. The Labute approximate surface area is 128 Å². The summed E-state index contributed by atoms with van der Waals surface area (Å²) in [5, 5.41) is 12.4. The van der Waals surface area contributed by atoms with Crippen LogP contribution in [-0.4, -0.2) is 48.2 Å². The van der Waals surface area contributed by atoms with Gasteiger partial charge in [0.05, 0.1) is 6.10 Å². The van der Waals surface area contributed by atoms with Crippen LogP contribution < -0.4 is 5.32 Å². The molecule has 0 aromatic heterocycles. The minimum absolute atomic E-state index is 0.0229. The highest BCUT2D eigenvalue weighted by Gasteiger charge is 2.19. The highest BCUT2D eigenvalue weighted by molar-refractivity contribution is 9.10. The monoisotopic (exact) mass is 340 g/mol. The Balaban J connectivity index is 1.74. The molecule has 1 fully saturated rings. The molecule has 2 N–H and O–H groups in total. The molecular weight excluding hydrogens is 320 g/mol. The van der Waals surface area contributed by atoms with Crippen LogP contribution in [0.25, 0.3) is 0 Å². The van der Waals surface area contributed by atoms with Gasteiger partial charge in [0.1, 0.15) is 0 Å². The summed E-state index contributed by atoms with van der Waals surface area (Å²) >= 11 is 3.44. The molecule has 1 amide bonds. The maximum atomic E-state index is 12.1. The first-order valence-corrected chi connectivity index (χ1v) is 7.81. The van der Waals surface area contributed by atoms with E-state index in [0.717, 1.165) is 48.1 Å². The third-order valence-corrected chi connectivity index (χ3v) is 4.56. The lowest BCUT2D eigenvalue weighted by molar-refractivity contribution is 0.0950. The summed E-state index contributed by atoms with van der Waals surface area (Å²) < 4.78 is 0.955. The van der Waals surface area contributed by atoms with Crippen molar-refractivity contribution >= 4 is 21.8 Å². The number of likely N-dealkylation sites (tertiary alicyclic amines) is 1. The second kappa shape index (κ2) is 7.20. The van der Waals surface area contributed by atoms with E-state index in [1.54, 1.807) is 0 Å². The lowest BCUT2D eigenvalue weighted by atomic mass is 10.1. The van der Waals surface area contributed by atoms with Crippen LogP contribution >= 0.6 is 15.9 Å². The van der Waals surface area contributed by atoms with Gasteiger partial charge in [-0.2, -0.15) is 0 Å². The van der Waals surface area contributed by atoms with Crippen LogP contribution in [0.4, 0.5) is 0 Å². The van der Waals surface area contributed by atoms with E-state index in [1.807, 2.05) is 25.1 Å². The second-order valence-corrected chi connectivity index (χ2v) is 6.12. The molecule has 0 bridgehead atoms. The Morgan fingerprint density at radius 2 is 2.35 bits per heavy atom. The van der Waals surface area contributed by atoms with Crippen molar-refractivity contribution in [1.82, 2.24) is 10.2 Å². The molecule has 1 aliphatic rings. The molecule has 1 heterocycles. The first-order valence-electron chi connectivity index (χ1n) is 7.01. The van der Waals surface area contributed by atoms with E-state index in [4.69, 9.17) is 0 Å². The van der Waals surface area contributed by atoms with Crippen LogP contribution in [0.2, 0.25) is 0 Å². The van der Waals surface area contributed by atoms with Gasteiger partial charge in [0.2, 0.25) is 0 Å². The number of aliphatic hydroxyl groups excluding tert-OH is 1. The Morgan fingerprint density at radius 3 is 3.05 bits per heavy atom. The van der Waals surface area contributed by atoms with E-state index in [-0.39, 0.29) is 12.0 Å². The molecule has 0 unspecified atom stereocenters. The number of halogens is 1. The molecule has 20 heavy (non-hydrogen) atoms. The van der Waals surface area contributed by atoms with Crippen molar-refractivity contribution in [3.63, 3.8) is 0 Å². The summed E-state index contributed by atoms with van der Waals surface area (Å²) in [5.41, 5.74) is 1.68. The van der Waals surface area contributed by atoms with Crippen molar-refractivity contribution < 1.29 is 9.90 Å². The average Bonchev–Trinajstić information content (AvgIpc) is 2.83. The SMILES string of the molecule is Cc1c(Br)cccc1C(=O)NCCCN1CC[C@@H](O)C1. The number of carbonyl (C=O) groups is 1. The molecule has 2 rings (SSSR count). The normalized spacial score (nSPS) is 19.2. The number of rotatable bonds is 5. The molecule has 0 saturated carbocycles. The Bertz CT molecular complexity index is 479. The quantitative estimate of drug-likeness (QED) is 0.805. The van der Waals surface area contributed by atoms with E-state index < -0.39 is 0 Å². The van der Waals surface area contributed by atoms with Gasteiger partial charge >= 0.3 is 0 Å². The van der Waals surface area contributed by atoms with Crippen molar-refractivity contribution in [2.45, 2.75) is 25.9 Å². The van der Waals surface area contributed by atoms with E-state index >= 15 is 0 Å². The fraction of sp³-hybridized carbons (Fsp3) is 0.533. The van der Waals surface area contributed by atoms with Gasteiger partial charge in [-0.25, -0.2) is 0 Å². The third kappa shape index (κ3) is 4.04. The van der Waals surface area contributed by atoms with E-state index in [2.05, 4.69) is 26.1 Å². The Kier molecular flexibility index (Phi) is 5.57. The standard InChI is InChI=1S/C15H21BrN2O2/c1-11-13(4-2-5-14(11)16)15(20)17-7-3-8-18-9-6-12(19)10-18/h2,4-5,12,19H,3,6-10H2,1H3,(H,17,20)/t12-/m1/s1. The maximum absolute atomic E-state index is 12.1. The maximum Gasteiger partial charge on any atom is 0.251 e. The summed E-state index contributed by atoms with van der Waals surface area (Å²) in [5.74, 6) is -0.0229. The van der Waals surface area contributed by atoms with Crippen LogP contribution in [-0.2, 0) is 0 Å². The van der Waals surface area contributed by atoms with Gasteiger partial charge in [-0.3, -0.25) is 4.79 Å². The molecule has 1 atom stereocenters. The second-order valence-electron chi connectivity index (χ2n) is 5.26. The van der Waals surface area contributed by atoms with Gasteiger partial charge in [-0.05, 0) is 44.0 Å². The zero-order chi connectivity index (χ0) is 14.5. The number of nitrogens with zero attached hydrogens (tertiary/aromatic N) is 1. The first-order chi connectivity index (χ1) is 9.58. The number of β-amino-alcohol motifs (C(OH)–C–C–N with tert-alkyl or cyclic N) is 1. The van der Waals surface area contributed by atoms with E-state index in [9.17, 15) is 9.90 Å². The van der Waals surface area contributed by atoms with Gasteiger partial charge in [0.15, 0.2) is 0 Å². The fourth-order valence-electron chi connectivity index (χ4n) is 2.47. The molecule has 110 valence electrons. The zero-order valence-corrected chi connectivity index (χ0v) is 13.3. The van der Waals surface area contributed by atoms with Crippen LogP contribution in [0, 0.1) is 6.92 Å². The number of hydrogen-bond acceptors (Lipinski definition) is 3. The Morgan fingerprint density at radius 1 is 1.55 bits per heavy atom. The third-order valence-electron chi connectivity index (χ3n) is 3.70. The Hall–Kier alpha value is -0.910. The summed E-state index contributed by atoms with van der Waals surface area (Å²) in [7, 11) is 0. The van der Waals surface area contributed by atoms with Crippen molar-refractivity contribution in [2.24, 2.45) is 0 Å². The fourth-order valence-corrected chi connectivity index (χ4v) is 2.83. The molecule has 0 radical (unpaired) electrons. The smallest absolute Gasteiger partial charge is 0.251 e. The molecule has 4 nitrogen and oxygen atoms in total. The minimum atomic E-state index is -0.172. The van der Waals surface area contributed by atoms with E-state index in [1.165, 1.54) is 0 Å². The van der Waals surface area contributed by atoms with Crippen LogP contribution in [0.3, 0.4) is 0 Å². The summed E-state index contributed by atoms with van der Waals surface area (Å²) in [4.78, 5) is 14.3. The predicted molar refractivity (Wildman–Crippen MR) is 82.9 cm³/mol. The van der Waals surface area contributed by atoms with Gasteiger partial charge in [-0.1, -0.05) is 22.0 Å². The van der Waals surface area contributed by atoms with Gasteiger partial charge in [0.25, 0.3) is 5.91 Å². The van der Waals surface area contributed by atoms with Crippen molar-refractivity contribution in [3.05, 3.63) is 33.8 Å². The lowest BCUT2D eigenvalue weighted by Gasteiger charge is -2.15. The molecule has 1 aliphatic heterocycles. The highest BCUT2D eigenvalue weighted by atomic mass is 79.9. The summed E-state index contributed by atoms with van der Waals surface area (Å²) in [6.07, 6.45) is 1.60. The predicted octanol–water partition coefficient (Wildman–Crippen LogP) is 1.94. The molecule has 5 heteroatoms. The molecule has 0 aliphatic carbocycles. The largest absolute Gasteiger partial charge is 0.392 e. The van der Waals surface area contributed by atoms with Gasteiger partial charge < -0.3 is 15.3 Å². The highest BCUT2D eigenvalue weighted by Crippen LogP contribution is 2.19.